The molecule has 2 amide bonds. The van der Waals surface area contributed by atoms with Gasteiger partial charge in [0, 0.05) is 31.9 Å². The molecular formula is C21H36IN5O. The van der Waals surface area contributed by atoms with Crippen LogP contribution < -0.4 is 16.0 Å². The van der Waals surface area contributed by atoms with Gasteiger partial charge in [0.2, 0.25) is 0 Å². The lowest BCUT2D eigenvalue weighted by molar-refractivity contribution is 0.222. The fraction of sp³-hybridized carbons (Fsp3) is 0.619. The van der Waals surface area contributed by atoms with Crippen LogP contribution in [0.25, 0.3) is 0 Å². The minimum absolute atomic E-state index is 0. The molecule has 1 fully saturated rings. The van der Waals surface area contributed by atoms with Crippen LogP contribution in [0.5, 0.6) is 0 Å². The summed E-state index contributed by atoms with van der Waals surface area (Å²) in [7, 11) is 0. The van der Waals surface area contributed by atoms with E-state index in [1.165, 1.54) is 12.8 Å². The first kappa shape index (κ1) is 24.5. The Labute approximate surface area is 187 Å². The van der Waals surface area contributed by atoms with Crippen molar-refractivity contribution >= 4 is 41.7 Å². The highest BCUT2D eigenvalue weighted by molar-refractivity contribution is 14.0. The number of likely N-dealkylation sites (tertiary alicyclic amines) is 1. The minimum atomic E-state index is -0.00618. The fourth-order valence-electron chi connectivity index (χ4n) is 3.20. The van der Waals surface area contributed by atoms with E-state index in [2.05, 4.69) is 36.7 Å². The zero-order chi connectivity index (χ0) is 19.5. The fourth-order valence-corrected chi connectivity index (χ4v) is 3.20. The number of guanidine groups is 1. The van der Waals surface area contributed by atoms with Crippen molar-refractivity contribution in [2.24, 2.45) is 10.9 Å². The Hall–Kier alpha value is -1.51. The van der Waals surface area contributed by atoms with Gasteiger partial charge in [-0.25, -0.2) is 9.79 Å². The van der Waals surface area contributed by atoms with Gasteiger partial charge >= 0.3 is 6.03 Å². The quantitative estimate of drug-likeness (QED) is 0.281. The van der Waals surface area contributed by atoms with E-state index in [0.29, 0.717) is 12.5 Å². The first-order valence-corrected chi connectivity index (χ1v) is 10.3. The number of rotatable bonds is 8. The Morgan fingerprint density at radius 3 is 2.50 bits per heavy atom. The number of nitrogens with zero attached hydrogens (tertiary/aromatic N) is 2. The van der Waals surface area contributed by atoms with Gasteiger partial charge in [0.15, 0.2) is 5.96 Å². The maximum atomic E-state index is 12.3. The number of hydrogen-bond donors (Lipinski definition) is 3. The Kier molecular flexibility index (Phi) is 11.9. The summed E-state index contributed by atoms with van der Waals surface area (Å²) in [4.78, 5) is 18.8. The lowest BCUT2D eigenvalue weighted by Gasteiger charge is -2.17. The van der Waals surface area contributed by atoms with Crippen LogP contribution in [-0.2, 0) is 6.54 Å². The van der Waals surface area contributed by atoms with Crippen molar-refractivity contribution in [1.29, 1.82) is 0 Å². The summed E-state index contributed by atoms with van der Waals surface area (Å²) in [5.74, 6) is 1.51. The molecule has 3 N–H and O–H groups in total. The molecular weight excluding hydrogens is 465 g/mol. The molecule has 0 aliphatic carbocycles. The van der Waals surface area contributed by atoms with Crippen LogP contribution in [0.2, 0.25) is 0 Å². The SMILES string of the molecule is CCNC(=NCc1cccc(NC(=O)N2CCCC2)c1)NCC(CC)CC.I. The van der Waals surface area contributed by atoms with E-state index in [4.69, 9.17) is 4.99 Å². The molecule has 6 nitrogen and oxygen atoms in total. The molecule has 0 saturated carbocycles. The van der Waals surface area contributed by atoms with E-state index in [-0.39, 0.29) is 30.0 Å². The van der Waals surface area contributed by atoms with E-state index in [1.807, 2.05) is 29.2 Å². The number of carbonyl (C=O) groups is 1. The highest BCUT2D eigenvalue weighted by Crippen LogP contribution is 2.14. The van der Waals surface area contributed by atoms with Crippen molar-refractivity contribution in [2.75, 3.05) is 31.5 Å². The Morgan fingerprint density at radius 1 is 1.14 bits per heavy atom. The molecule has 1 aliphatic rings. The van der Waals surface area contributed by atoms with Gasteiger partial charge in [-0.3, -0.25) is 0 Å². The zero-order valence-corrected chi connectivity index (χ0v) is 19.8. The van der Waals surface area contributed by atoms with Crippen LogP contribution in [0.1, 0.15) is 52.0 Å². The largest absolute Gasteiger partial charge is 0.357 e. The topological polar surface area (TPSA) is 68.8 Å². The molecule has 0 bridgehead atoms. The highest BCUT2D eigenvalue weighted by Gasteiger charge is 2.17. The van der Waals surface area contributed by atoms with Gasteiger partial charge in [-0.05, 0) is 43.4 Å². The maximum Gasteiger partial charge on any atom is 0.321 e. The number of hydrogen-bond acceptors (Lipinski definition) is 2. The smallest absolute Gasteiger partial charge is 0.321 e. The number of halogens is 1. The monoisotopic (exact) mass is 501 g/mol. The second-order valence-electron chi connectivity index (χ2n) is 7.08. The molecule has 0 aromatic heterocycles. The maximum absolute atomic E-state index is 12.3. The number of nitrogens with one attached hydrogen (secondary N) is 3. The van der Waals surface area contributed by atoms with Crippen molar-refractivity contribution in [3.63, 3.8) is 0 Å². The number of aliphatic imine (C=N–C) groups is 1. The third-order valence-electron chi connectivity index (χ3n) is 5.05. The average molecular weight is 501 g/mol. The van der Waals surface area contributed by atoms with E-state index in [0.717, 1.165) is 56.2 Å². The standard InChI is InChI=1S/C21H35N5O.HI/c1-4-17(5-2)15-23-20(22-6-3)24-16-18-10-9-11-19(14-18)25-21(27)26-12-7-8-13-26;/h9-11,14,17H,4-8,12-13,15-16H2,1-3H3,(H,25,27)(H2,22,23,24);1H. The Bertz CT molecular complexity index is 613. The van der Waals surface area contributed by atoms with E-state index < -0.39 is 0 Å². The van der Waals surface area contributed by atoms with Gasteiger partial charge in [0.05, 0.1) is 6.54 Å². The van der Waals surface area contributed by atoms with Crippen molar-refractivity contribution < 1.29 is 4.79 Å². The van der Waals surface area contributed by atoms with Crippen LogP contribution >= 0.6 is 24.0 Å². The van der Waals surface area contributed by atoms with Crippen molar-refractivity contribution in [1.82, 2.24) is 15.5 Å². The van der Waals surface area contributed by atoms with Gasteiger partial charge in [0.1, 0.15) is 0 Å². The molecule has 0 unspecified atom stereocenters. The van der Waals surface area contributed by atoms with Gasteiger partial charge in [-0.1, -0.05) is 38.8 Å². The molecule has 158 valence electrons. The van der Waals surface area contributed by atoms with Crippen LogP contribution in [0.15, 0.2) is 29.3 Å². The lowest BCUT2D eigenvalue weighted by Crippen LogP contribution is -2.39. The van der Waals surface area contributed by atoms with Crippen molar-refractivity contribution in [3.8, 4) is 0 Å². The lowest BCUT2D eigenvalue weighted by atomic mass is 10.0. The highest BCUT2D eigenvalue weighted by atomic mass is 127. The van der Waals surface area contributed by atoms with Gasteiger partial charge in [-0.2, -0.15) is 0 Å². The van der Waals surface area contributed by atoms with Gasteiger partial charge < -0.3 is 20.9 Å². The van der Waals surface area contributed by atoms with Crippen LogP contribution in [-0.4, -0.2) is 43.1 Å². The van der Waals surface area contributed by atoms with Crippen molar-refractivity contribution in [2.45, 2.75) is 53.0 Å². The molecule has 1 aromatic rings. The Morgan fingerprint density at radius 2 is 1.86 bits per heavy atom. The third kappa shape index (κ3) is 8.24. The molecule has 28 heavy (non-hydrogen) atoms. The average Bonchev–Trinajstić information content (AvgIpc) is 3.22. The summed E-state index contributed by atoms with van der Waals surface area (Å²) in [5, 5.41) is 9.74. The summed E-state index contributed by atoms with van der Waals surface area (Å²) in [5.41, 5.74) is 1.91. The second kappa shape index (κ2) is 13.6. The van der Waals surface area contributed by atoms with E-state index in [1.54, 1.807) is 0 Å². The number of anilines is 1. The molecule has 1 aliphatic heterocycles. The number of urea groups is 1. The predicted octanol–water partition coefficient (Wildman–Crippen LogP) is 4.42. The summed E-state index contributed by atoms with van der Waals surface area (Å²) >= 11 is 0. The molecule has 0 spiro atoms. The normalized spacial score (nSPS) is 14.0. The van der Waals surface area contributed by atoms with E-state index in [9.17, 15) is 4.79 Å². The number of amides is 2. The van der Waals surface area contributed by atoms with Crippen molar-refractivity contribution in [3.05, 3.63) is 29.8 Å². The summed E-state index contributed by atoms with van der Waals surface area (Å²) in [6.45, 7) is 10.6. The molecule has 0 atom stereocenters. The first-order chi connectivity index (χ1) is 13.2. The predicted molar refractivity (Wildman–Crippen MR) is 129 cm³/mol. The van der Waals surface area contributed by atoms with E-state index >= 15 is 0 Å². The zero-order valence-electron chi connectivity index (χ0n) is 17.5. The minimum Gasteiger partial charge on any atom is -0.357 e. The number of carbonyl (C=O) groups excluding carboxylic acids is 1. The molecule has 1 aromatic carbocycles. The van der Waals surface area contributed by atoms with Crippen LogP contribution in [0.3, 0.4) is 0 Å². The first-order valence-electron chi connectivity index (χ1n) is 10.3. The van der Waals surface area contributed by atoms with Gasteiger partial charge in [-0.15, -0.1) is 24.0 Å². The third-order valence-corrected chi connectivity index (χ3v) is 5.05. The van der Waals surface area contributed by atoms with Gasteiger partial charge in [0.25, 0.3) is 0 Å². The summed E-state index contributed by atoms with van der Waals surface area (Å²) in [6.07, 6.45) is 4.53. The van der Waals surface area contributed by atoms with Crippen LogP contribution in [0, 0.1) is 5.92 Å². The molecule has 1 saturated heterocycles. The Balaban J connectivity index is 0.00000392. The summed E-state index contributed by atoms with van der Waals surface area (Å²) in [6, 6.07) is 7.93. The molecule has 7 heteroatoms. The second-order valence-corrected chi connectivity index (χ2v) is 7.08. The molecule has 0 radical (unpaired) electrons. The molecule has 1 heterocycles. The summed E-state index contributed by atoms with van der Waals surface area (Å²) < 4.78 is 0. The molecule has 2 rings (SSSR count). The van der Waals surface area contributed by atoms with Crippen LogP contribution in [0.4, 0.5) is 10.5 Å². The number of benzene rings is 1.